The first-order chi connectivity index (χ1) is 10.8. The number of aromatic nitrogens is 3. The van der Waals surface area contributed by atoms with Crippen molar-refractivity contribution in [1.29, 1.82) is 0 Å². The van der Waals surface area contributed by atoms with Crippen LogP contribution in [0.15, 0.2) is 30.6 Å². The van der Waals surface area contributed by atoms with Crippen LogP contribution in [0.2, 0.25) is 0 Å². The van der Waals surface area contributed by atoms with Crippen molar-refractivity contribution in [2.24, 2.45) is 7.05 Å². The fourth-order valence-electron chi connectivity index (χ4n) is 3.15. The lowest BCUT2D eigenvalue weighted by molar-refractivity contribution is 0.0856. The number of anilines is 1. The van der Waals surface area contributed by atoms with Gasteiger partial charge in [0.05, 0.1) is 24.8 Å². The number of halogens is 1. The van der Waals surface area contributed by atoms with Crippen molar-refractivity contribution in [2.45, 2.75) is 6.04 Å². The summed E-state index contributed by atoms with van der Waals surface area (Å²) in [6, 6.07) is 5.74. The Morgan fingerprint density at radius 3 is 3.09 bits per heavy atom. The van der Waals surface area contributed by atoms with Gasteiger partial charge in [0.15, 0.2) is 0 Å². The number of aryl methyl sites for hydroxylation is 1. The number of hydrogen-bond donors (Lipinski definition) is 0. The van der Waals surface area contributed by atoms with Gasteiger partial charge in [-0.2, -0.15) is 0 Å². The van der Waals surface area contributed by atoms with Crippen molar-refractivity contribution >= 4 is 27.8 Å². The van der Waals surface area contributed by atoms with Gasteiger partial charge in [0.2, 0.25) is 0 Å². The lowest BCUT2D eigenvalue weighted by atomic mass is 10.2. The molecule has 0 N–H and O–H groups in total. The van der Waals surface area contributed by atoms with E-state index < -0.39 is 6.67 Å². The molecule has 0 saturated carbocycles. The topological polar surface area (TPSA) is 43.2 Å². The van der Waals surface area contributed by atoms with Crippen molar-refractivity contribution in [2.75, 3.05) is 31.3 Å². The van der Waals surface area contributed by atoms with E-state index in [2.05, 4.69) is 9.55 Å². The van der Waals surface area contributed by atoms with Crippen LogP contribution < -0.4 is 4.90 Å². The highest BCUT2D eigenvalue weighted by atomic mass is 19.1. The Hall–Kier alpha value is -2.21. The molecule has 1 atom stereocenters. The normalized spacial score (nSPS) is 19.2. The lowest BCUT2D eigenvalue weighted by Crippen LogP contribution is -2.47. The van der Waals surface area contributed by atoms with Crippen molar-refractivity contribution in [3.8, 4) is 0 Å². The van der Waals surface area contributed by atoms with Gasteiger partial charge < -0.3 is 14.2 Å². The third-order valence-corrected chi connectivity index (χ3v) is 4.33. The largest absolute Gasteiger partial charge is 0.377 e. The first-order valence-corrected chi connectivity index (χ1v) is 7.39. The number of morpholine rings is 1. The lowest BCUT2D eigenvalue weighted by Gasteiger charge is -2.34. The predicted molar refractivity (Wildman–Crippen MR) is 83.9 cm³/mol. The van der Waals surface area contributed by atoms with E-state index >= 15 is 0 Å². The van der Waals surface area contributed by atoms with Crippen LogP contribution in [-0.2, 0) is 11.8 Å². The maximum absolute atomic E-state index is 13.2. The molecule has 0 radical (unpaired) electrons. The molecule has 0 aromatic carbocycles. The van der Waals surface area contributed by atoms with Crippen LogP contribution in [0.1, 0.15) is 0 Å². The molecular formula is C16H17FN4O. The Morgan fingerprint density at radius 1 is 1.32 bits per heavy atom. The summed E-state index contributed by atoms with van der Waals surface area (Å²) in [6.07, 6.45) is 3.64. The minimum atomic E-state index is -0.432. The Bertz CT molecular complexity index is 831. The van der Waals surface area contributed by atoms with Gasteiger partial charge in [-0.15, -0.1) is 0 Å². The van der Waals surface area contributed by atoms with Gasteiger partial charge >= 0.3 is 0 Å². The molecule has 3 aromatic rings. The zero-order chi connectivity index (χ0) is 15.1. The molecule has 1 unspecified atom stereocenters. The molecular weight excluding hydrogens is 283 g/mol. The summed E-state index contributed by atoms with van der Waals surface area (Å²) < 4.78 is 20.6. The molecule has 0 aliphatic carbocycles. The smallest absolute Gasteiger partial charge is 0.143 e. The van der Waals surface area contributed by atoms with Gasteiger partial charge in [-0.3, -0.25) is 4.98 Å². The number of pyridine rings is 2. The molecule has 114 valence electrons. The Kier molecular flexibility index (Phi) is 3.18. The number of alkyl halides is 1. The number of fused-ring (bicyclic) bond motifs is 3. The average molecular weight is 300 g/mol. The van der Waals surface area contributed by atoms with Gasteiger partial charge in [-0.1, -0.05) is 0 Å². The van der Waals surface area contributed by atoms with Gasteiger partial charge in [-0.25, -0.2) is 9.37 Å². The second-order valence-electron chi connectivity index (χ2n) is 5.57. The summed E-state index contributed by atoms with van der Waals surface area (Å²) >= 11 is 0. The van der Waals surface area contributed by atoms with Crippen LogP contribution in [0, 0.1) is 0 Å². The van der Waals surface area contributed by atoms with Crippen molar-refractivity contribution in [3.63, 3.8) is 0 Å². The number of ether oxygens (including phenoxy) is 1. The minimum Gasteiger partial charge on any atom is -0.377 e. The Morgan fingerprint density at radius 2 is 2.23 bits per heavy atom. The second kappa shape index (κ2) is 5.21. The molecule has 5 nitrogen and oxygen atoms in total. The number of nitrogens with zero attached hydrogens (tertiary/aromatic N) is 4. The van der Waals surface area contributed by atoms with Crippen LogP contribution in [-0.4, -0.2) is 47.0 Å². The van der Waals surface area contributed by atoms with Gasteiger partial charge in [0.1, 0.15) is 18.1 Å². The molecule has 0 bridgehead atoms. The van der Waals surface area contributed by atoms with Crippen LogP contribution in [0.25, 0.3) is 21.9 Å². The highest BCUT2D eigenvalue weighted by Gasteiger charge is 2.24. The summed E-state index contributed by atoms with van der Waals surface area (Å²) in [7, 11) is 1.99. The Labute approximate surface area is 127 Å². The van der Waals surface area contributed by atoms with E-state index in [0.29, 0.717) is 19.8 Å². The van der Waals surface area contributed by atoms with Crippen molar-refractivity contribution in [3.05, 3.63) is 30.6 Å². The molecule has 3 aromatic heterocycles. The van der Waals surface area contributed by atoms with E-state index in [1.165, 1.54) is 0 Å². The second-order valence-corrected chi connectivity index (χ2v) is 5.57. The summed E-state index contributed by atoms with van der Waals surface area (Å²) in [4.78, 5) is 11.0. The van der Waals surface area contributed by atoms with Crippen LogP contribution in [0.3, 0.4) is 0 Å². The maximum atomic E-state index is 13.2. The summed E-state index contributed by atoms with van der Waals surface area (Å²) in [5.74, 6) is 0.803. The van der Waals surface area contributed by atoms with Gasteiger partial charge in [-0.05, 0) is 18.2 Å². The third-order valence-electron chi connectivity index (χ3n) is 4.33. The van der Waals surface area contributed by atoms with Crippen LogP contribution >= 0.6 is 0 Å². The zero-order valence-corrected chi connectivity index (χ0v) is 12.4. The van der Waals surface area contributed by atoms with E-state index in [1.54, 1.807) is 6.20 Å². The monoisotopic (exact) mass is 300 g/mol. The van der Waals surface area contributed by atoms with Gasteiger partial charge in [0.25, 0.3) is 0 Å². The molecule has 1 aliphatic rings. The van der Waals surface area contributed by atoms with Crippen LogP contribution in [0.5, 0.6) is 0 Å². The number of rotatable bonds is 2. The SMILES string of the molecule is Cn1c2ccncc2c2ccc(N3CCOCC3CF)nc21. The maximum Gasteiger partial charge on any atom is 0.143 e. The molecule has 1 fully saturated rings. The molecule has 4 heterocycles. The molecule has 1 saturated heterocycles. The first kappa shape index (κ1) is 13.5. The standard InChI is InChI=1S/C16H17FN4O/c1-20-14-4-5-18-9-13(14)12-2-3-15(19-16(12)20)21-6-7-22-10-11(21)8-17/h2-5,9,11H,6-8,10H2,1H3. The molecule has 1 aliphatic heterocycles. The summed E-state index contributed by atoms with van der Waals surface area (Å²) in [6.45, 7) is 1.25. The third kappa shape index (κ3) is 1.94. The molecule has 0 amide bonds. The van der Waals surface area contributed by atoms with E-state index in [9.17, 15) is 4.39 Å². The summed E-state index contributed by atoms with van der Waals surface area (Å²) in [5, 5.41) is 2.16. The van der Waals surface area contributed by atoms with Crippen molar-refractivity contribution in [1.82, 2.24) is 14.5 Å². The zero-order valence-electron chi connectivity index (χ0n) is 12.4. The quantitative estimate of drug-likeness (QED) is 0.728. The minimum absolute atomic E-state index is 0.255. The van der Waals surface area contributed by atoms with E-state index in [0.717, 1.165) is 27.8 Å². The number of hydrogen-bond acceptors (Lipinski definition) is 4. The fraction of sp³-hybridized carbons (Fsp3) is 0.375. The molecule has 4 rings (SSSR count). The highest BCUT2D eigenvalue weighted by Crippen LogP contribution is 2.29. The van der Waals surface area contributed by atoms with E-state index in [-0.39, 0.29) is 6.04 Å². The predicted octanol–water partition coefficient (Wildman–Crippen LogP) is 2.30. The highest BCUT2D eigenvalue weighted by molar-refractivity contribution is 6.06. The molecule has 6 heteroatoms. The molecule has 22 heavy (non-hydrogen) atoms. The van der Waals surface area contributed by atoms with Crippen LogP contribution in [0.4, 0.5) is 10.2 Å². The first-order valence-electron chi connectivity index (χ1n) is 7.39. The van der Waals surface area contributed by atoms with E-state index in [4.69, 9.17) is 9.72 Å². The molecule has 0 spiro atoms. The Balaban J connectivity index is 1.86. The average Bonchev–Trinajstić information content (AvgIpc) is 2.88. The van der Waals surface area contributed by atoms with Gasteiger partial charge in [0, 0.05) is 36.8 Å². The van der Waals surface area contributed by atoms with E-state index in [1.807, 2.05) is 36.3 Å². The fourth-order valence-corrected chi connectivity index (χ4v) is 3.15. The van der Waals surface area contributed by atoms with Crippen molar-refractivity contribution < 1.29 is 9.13 Å². The summed E-state index contributed by atoms with van der Waals surface area (Å²) in [5.41, 5.74) is 1.99.